The van der Waals surface area contributed by atoms with Crippen molar-refractivity contribution < 1.29 is 9.53 Å². The van der Waals surface area contributed by atoms with Crippen molar-refractivity contribution in [1.29, 1.82) is 0 Å². The second-order valence-electron chi connectivity index (χ2n) is 5.34. The van der Waals surface area contributed by atoms with E-state index in [1.165, 1.54) is 17.4 Å². The van der Waals surface area contributed by atoms with Crippen LogP contribution in [0.25, 0.3) is 15.7 Å². The molecule has 23 heavy (non-hydrogen) atoms. The van der Waals surface area contributed by atoms with Gasteiger partial charge in [-0.25, -0.2) is 4.79 Å². The molecule has 0 saturated carbocycles. The molecule has 0 amide bonds. The molecule has 2 rings (SSSR count). The molecular weight excluding hydrogens is 304 g/mol. The maximum Gasteiger partial charge on any atom is 0.337 e. The van der Waals surface area contributed by atoms with E-state index >= 15 is 0 Å². The summed E-state index contributed by atoms with van der Waals surface area (Å²) >= 11 is 1.69. The van der Waals surface area contributed by atoms with Gasteiger partial charge in [-0.05, 0) is 49.4 Å². The summed E-state index contributed by atoms with van der Waals surface area (Å²) in [5, 5.41) is 3.23. The number of methoxy groups -OCH3 is 1. The van der Waals surface area contributed by atoms with Crippen molar-refractivity contribution in [3.63, 3.8) is 0 Å². The zero-order valence-corrected chi connectivity index (χ0v) is 14.9. The van der Waals surface area contributed by atoms with Crippen LogP contribution in [0.15, 0.2) is 53.5 Å². The Kier molecular flexibility index (Phi) is 5.94. The highest BCUT2D eigenvalue weighted by Gasteiger charge is 2.11. The quantitative estimate of drug-likeness (QED) is 0.497. The Morgan fingerprint density at radius 1 is 1.30 bits per heavy atom. The third-order valence-electron chi connectivity index (χ3n) is 3.76. The first kappa shape index (κ1) is 17.2. The molecule has 1 heterocycles. The van der Waals surface area contributed by atoms with Gasteiger partial charge in [-0.1, -0.05) is 36.8 Å². The number of esters is 1. The van der Waals surface area contributed by atoms with E-state index in [1.807, 2.05) is 31.2 Å². The summed E-state index contributed by atoms with van der Waals surface area (Å²) < 4.78 is 6.00. The van der Waals surface area contributed by atoms with E-state index in [-0.39, 0.29) is 5.97 Å². The summed E-state index contributed by atoms with van der Waals surface area (Å²) in [7, 11) is 1.41. The first-order valence-electron chi connectivity index (χ1n) is 7.70. The molecule has 0 unspecified atom stereocenters. The van der Waals surface area contributed by atoms with Crippen LogP contribution in [-0.2, 0) is 4.74 Å². The number of carbonyl (C=O) groups is 1. The van der Waals surface area contributed by atoms with Gasteiger partial charge in [-0.2, -0.15) is 0 Å². The molecule has 3 heteroatoms. The lowest BCUT2D eigenvalue weighted by Crippen LogP contribution is -2.00. The van der Waals surface area contributed by atoms with Gasteiger partial charge in [0, 0.05) is 15.6 Å². The molecule has 0 aliphatic heterocycles. The lowest BCUT2D eigenvalue weighted by atomic mass is 10.0. The number of rotatable bonds is 5. The number of ether oxygens (including phenoxy) is 1. The van der Waals surface area contributed by atoms with Crippen LogP contribution in [0.4, 0.5) is 0 Å². The molecule has 2 nitrogen and oxygen atoms in total. The van der Waals surface area contributed by atoms with Crippen LogP contribution >= 0.6 is 11.3 Å². The number of thiophene rings is 1. The normalized spacial score (nSPS) is 13.0. The van der Waals surface area contributed by atoms with E-state index in [2.05, 4.69) is 37.5 Å². The minimum atomic E-state index is -0.303. The van der Waals surface area contributed by atoms with E-state index in [0.29, 0.717) is 5.56 Å². The fourth-order valence-electron chi connectivity index (χ4n) is 2.26. The average Bonchev–Trinajstić information content (AvgIpc) is 3.00. The molecule has 0 atom stereocenters. The molecule has 0 spiro atoms. The molecule has 1 aromatic carbocycles. The lowest BCUT2D eigenvalue weighted by molar-refractivity contribution is 0.0601. The molecule has 2 aromatic rings. The summed E-state index contributed by atoms with van der Waals surface area (Å²) in [6, 6.07) is 5.71. The van der Waals surface area contributed by atoms with Gasteiger partial charge in [-0.15, -0.1) is 11.3 Å². The Bertz CT molecular complexity index is 791. The first-order valence-corrected chi connectivity index (χ1v) is 8.58. The van der Waals surface area contributed by atoms with E-state index in [0.717, 1.165) is 22.9 Å². The third-order valence-corrected chi connectivity index (χ3v) is 4.72. The predicted octanol–water partition coefficient (Wildman–Crippen LogP) is 6.00. The molecular formula is C20H22O2S. The number of carbonyl (C=O) groups excluding carboxylic acids is 1. The Morgan fingerprint density at radius 3 is 2.74 bits per heavy atom. The van der Waals surface area contributed by atoms with Crippen LogP contribution in [0, 0.1) is 0 Å². The van der Waals surface area contributed by atoms with Gasteiger partial charge in [0.2, 0.25) is 0 Å². The Morgan fingerprint density at radius 2 is 2.09 bits per heavy atom. The second-order valence-corrected chi connectivity index (χ2v) is 6.25. The van der Waals surface area contributed by atoms with Crippen LogP contribution in [0.1, 0.15) is 43.1 Å². The van der Waals surface area contributed by atoms with Crippen LogP contribution in [-0.4, -0.2) is 13.1 Å². The minimum Gasteiger partial charge on any atom is -0.465 e. The first-order chi connectivity index (χ1) is 11.1. The molecule has 120 valence electrons. The Balaban J connectivity index is 2.57. The average molecular weight is 326 g/mol. The van der Waals surface area contributed by atoms with Gasteiger partial charge in [-0.3, -0.25) is 0 Å². The maximum absolute atomic E-state index is 11.8. The summed E-state index contributed by atoms with van der Waals surface area (Å²) in [5.74, 6) is -0.303. The van der Waals surface area contributed by atoms with Crippen molar-refractivity contribution in [2.75, 3.05) is 7.11 Å². The van der Waals surface area contributed by atoms with Crippen LogP contribution in [0.3, 0.4) is 0 Å². The largest absolute Gasteiger partial charge is 0.465 e. The summed E-state index contributed by atoms with van der Waals surface area (Å²) in [6.07, 6.45) is 9.48. The van der Waals surface area contributed by atoms with Crippen molar-refractivity contribution in [2.24, 2.45) is 0 Å². The number of hydrogen-bond donors (Lipinski definition) is 0. The second kappa shape index (κ2) is 7.93. The Labute approximate surface area is 141 Å². The molecule has 1 aromatic heterocycles. The minimum absolute atomic E-state index is 0.303. The van der Waals surface area contributed by atoms with Gasteiger partial charge in [0.25, 0.3) is 0 Å². The van der Waals surface area contributed by atoms with Crippen molar-refractivity contribution in [2.45, 2.75) is 27.2 Å². The maximum atomic E-state index is 11.8. The Hall–Kier alpha value is -2.13. The van der Waals surface area contributed by atoms with Crippen molar-refractivity contribution in [3.05, 3.63) is 64.6 Å². The highest BCUT2D eigenvalue weighted by Crippen LogP contribution is 2.32. The molecule has 0 aliphatic rings. The smallest absolute Gasteiger partial charge is 0.337 e. The zero-order valence-electron chi connectivity index (χ0n) is 14.1. The third kappa shape index (κ3) is 3.99. The molecule has 0 aliphatic carbocycles. The lowest BCUT2D eigenvalue weighted by Gasteiger charge is -2.03. The van der Waals surface area contributed by atoms with Crippen molar-refractivity contribution >= 4 is 33.0 Å². The fourth-order valence-corrected chi connectivity index (χ4v) is 3.21. The SMILES string of the molecule is C\C=C/C(=C\C=C(/C)CC)c1csc2ccc(C(=O)OC)cc12. The van der Waals surface area contributed by atoms with Crippen molar-refractivity contribution in [1.82, 2.24) is 0 Å². The molecule has 0 radical (unpaired) electrons. The van der Waals surface area contributed by atoms with Gasteiger partial charge < -0.3 is 4.74 Å². The predicted molar refractivity (Wildman–Crippen MR) is 100 cm³/mol. The highest BCUT2D eigenvalue weighted by molar-refractivity contribution is 7.17. The van der Waals surface area contributed by atoms with Gasteiger partial charge in [0.05, 0.1) is 12.7 Å². The van der Waals surface area contributed by atoms with Crippen LogP contribution in [0.5, 0.6) is 0 Å². The van der Waals surface area contributed by atoms with E-state index in [4.69, 9.17) is 4.74 Å². The zero-order chi connectivity index (χ0) is 16.8. The topological polar surface area (TPSA) is 26.3 Å². The summed E-state index contributed by atoms with van der Waals surface area (Å²) in [5.41, 5.74) is 4.21. The van der Waals surface area contributed by atoms with Crippen LogP contribution < -0.4 is 0 Å². The van der Waals surface area contributed by atoms with Crippen molar-refractivity contribution in [3.8, 4) is 0 Å². The molecule has 0 saturated heterocycles. The number of benzene rings is 1. The number of fused-ring (bicyclic) bond motifs is 1. The highest BCUT2D eigenvalue weighted by atomic mass is 32.1. The molecule has 0 N–H and O–H groups in total. The van der Waals surface area contributed by atoms with Crippen LogP contribution in [0.2, 0.25) is 0 Å². The number of hydrogen-bond acceptors (Lipinski definition) is 3. The van der Waals surface area contributed by atoms with E-state index in [9.17, 15) is 4.79 Å². The van der Waals surface area contributed by atoms with E-state index in [1.54, 1.807) is 11.3 Å². The number of allylic oxidation sites excluding steroid dienone is 6. The monoisotopic (exact) mass is 326 g/mol. The molecule has 0 fully saturated rings. The van der Waals surface area contributed by atoms with Gasteiger partial charge >= 0.3 is 5.97 Å². The summed E-state index contributed by atoms with van der Waals surface area (Å²) in [6.45, 7) is 6.29. The van der Waals surface area contributed by atoms with E-state index < -0.39 is 0 Å². The fraction of sp³-hybridized carbons (Fsp3) is 0.250. The summed E-state index contributed by atoms with van der Waals surface area (Å²) in [4.78, 5) is 11.8. The van der Waals surface area contributed by atoms with Gasteiger partial charge in [0.1, 0.15) is 0 Å². The van der Waals surface area contributed by atoms with Gasteiger partial charge in [0.15, 0.2) is 0 Å². The molecule has 0 bridgehead atoms. The standard InChI is InChI=1S/C20H22O2S/c1-5-7-15(9-8-14(3)6-2)18-13-23-19-11-10-16(12-17(18)19)20(21)22-4/h5,7-13H,6H2,1-4H3/b7-5-,14-8+,15-9+.